The van der Waals surface area contributed by atoms with Crippen LogP contribution in [0.2, 0.25) is 0 Å². The van der Waals surface area contributed by atoms with Gasteiger partial charge in [0.1, 0.15) is 17.7 Å². The first-order valence-electron chi connectivity index (χ1n) is 8.17. The normalized spacial score (nSPS) is 18.2. The first kappa shape index (κ1) is 16.8. The second-order valence-electron chi connectivity index (χ2n) is 6.45. The Balaban J connectivity index is 1.55. The summed E-state index contributed by atoms with van der Waals surface area (Å²) in [6.07, 6.45) is 5.75. The molecular weight excluding hydrogens is 307 g/mol. The second kappa shape index (κ2) is 7.68. The monoisotopic (exact) mass is 330 g/mol. The topological polar surface area (TPSA) is 41.5 Å². The maximum atomic E-state index is 13.7. The minimum atomic E-state index is -0.246. The lowest BCUT2D eigenvalue weighted by molar-refractivity contribution is 0.197. The Hall–Kier alpha value is -2.05. The average molecular weight is 330 g/mol. The molecule has 1 fully saturated rings. The van der Waals surface area contributed by atoms with Gasteiger partial charge in [-0.2, -0.15) is 0 Å². The van der Waals surface area contributed by atoms with E-state index in [9.17, 15) is 4.39 Å². The van der Waals surface area contributed by atoms with Gasteiger partial charge in [-0.25, -0.2) is 4.39 Å². The maximum absolute atomic E-state index is 13.7. The van der Waals surface area contributed by atoms with Crippen LogP contribution in [-0.4, -0.2) is 53.1 Å². The molecule has 0 saturated carbocycles. The molecule has 0 amide bonds. The summed E-state index contributed by atoms with van der Waals surface area (Å²) >= 11 is 0. The third-order valence-corrected chi connectivity index (χ3v) is 4.05. The number of ether oxygens (including phenoxy) is 1. The highest BCUT2D eigenvalue weighted by molar-refractivity contribution is 5.23. The van der Waals surface area contributed by atoms with Gasteiger partial charge in [-0.05, 0) is 32.6 Å². The van der Waals surface area contributed by atoms with Gasteiger partial charge in [0.25, 0.3) is 0 Å². The summed E-state index contributed by atoms with van der Waals surface area (Å²) in [5.41, 5.74) is 1.68. The van der Waals surface area contributed by atoms with Crippen LogP contribution in [0.5, 0.6) is 5.75 Å². The minimum absolute atomic E-state index is 0.129. The van der Waals surface area contributed by atoms with E-state index in [0.29, 0.717) is 12.1 Å². The number of rotatable bonds is 6. The van der Waals surface area contributed by atoms with Gasteiger partial charge in [-0.3, -0.25) is 14.9 Å². The molecule has 3 heterocycles. The molecule has 1 aliphatic rings. The lowest BCUT2D eigenvalue weighted by Gasteiger charge is -2.17. The molecule has 1 aliphatic heterocycles. The van der Waals surface area contributed by atoms with Gasteiger partial charge < -0.3 is 9.64 Å². The van der Waals surface area contributed by atoms with E-state index >= 15 is 0 Å². The fraction of sp³-hybridized carbons (Fsp3) is 0.444. The molecule has 24 heavy (non-hydrogen) atoms. The van der Waals surface area contributed by atoms with Crippen LogP contribution >= 0.6 is 0 Å². The highest BCUT2D eigenvalue weighted by Crippen LogP contribution is 2.21. The number of pyridine rings is 2. The van der Waals surface area contributed by atoms with Gasteiger partial charge >= 0.3 is 0 Å². The van der Waals surface area contributed by atoms with Crippen LogP contribution in [0.3, 0.4) is 0 Å². The molecule has 1 saturated heterocycles. The van der Waals surface area contributed by atoms with Gasteiger partial charge in [-0.1, -0.05) is 0 Å². The molecule has 6 heteroatoms. The zero-order chi connectivity index (χ0) is 16.9. The van der Waals surface area contributed by atoms with E-state index in [2.05, 4.69) is 19.8 Å². The van der Waals surface area contributed by atoms with Crippen LogP contribution in [0.25, 0.3) is 0 Å². The highest BCUT2D eigenvalue weighted by Gasteiger charge is 2.24. The Morgan fingerprint density at radius 2 is 2.21 bits per heavy atom. The summed E-state index contributed by atoms with van der Waals surface area (Å²) in [6.45, 7) is 3.08. The minimum Gasteiger partial charge on any atom is -0.489 e. The predicted molar refractivity (Wildman–Crippen MR) is 90.1 cm³/mol. The smallest absolute Gasteiger partial charge is 0.145 e. The Kier molecular flexibility index (Phi) is 5.37. The predicted octanol–water partition coefficient (Wildman–Crippen LogP) is 2.33. The third-order valence-electron chi connectivity index (χ3n) is 4.05. The van der Waals surface area contributed by atoms with Crippen molar-refractivity contribution in [3.05, 3.63) is 53.9 Å². The van der Waals surface area contributed by atoms with Crippen LogP contribution in [-0.2, 0) is 13.1 Å². The zero-order valence-electron chi connectivity index (χ0n) is 14.2. The van der Waals surface area contributed by atoms with Crippen molar-refractivity contribution >= 4 is 0 Å². The summed E-state index contributed by atoms with van der Waals surface area (Å²) < 4.78 is 19.8. The number of likely N-dealkylation sites (tertiary alicyclic amines) is 1. The number of halogens is 1. The molecule has 2 aromatic heterocycles. The quantitative estimate of drug-likeness (QED) is 0.813. The standard InChI is InChI=1S/C18H23FN4O/c1-22(2)12-15-9-16(4-7-21-15)24-17-5-8-23(13-17)11-14-3-6-20-10-18(14)19/h3-4,6-7,9-10,17H,5,8,11-13H2,1-2H3. The Morgan fingerprint density at radius 3 is 3.00 bits per heavy atom. The van der Waals surface area contributed by atoms with E-state index in [1.807, 2.05) is 26.2 Å². The van der Waals surface area contributed by atoms with E-state index in [4.69, 9.17) is 4.74 Å². The molecule has 0 bridgehead atoms. The summed E-state index contributed by atoms with van der Waals surface area (Å²) in [5, 5.41) is 0. The first-order valence-corrected chi connectivity index (χ1v) is 8.17. The van der Waals surface area contributed by atoms with Crippen molar-refractivity contribution in [2.45, 2.75) is 25.6 Å². The van der Waals surface area contributed by atoms with E-state index in [1.165, 1.54) is 6.20 Å². The molecule has 2 aromatic rings. The Morgan fingerprint density at radius 1 is 1.33 bits per heavy atom. The van der Waals surface area contributed by atoms with Gasteiger partial charge in [0.05, 0.1) is 11.9 Å². The summed E-state index contributed by atoms with van der Waals surface area (Å²) in [7, 11) is 4.03. The molecule has 5 nitrogen and oxygen atoms in total. The zero-order valence-corrected chi connectivity index (χ0v) is 14.2. The third kappa shape index (κ3) is 4.49. The van der Waals surface area contributed by atoms with E-state index in [1.54, 1.807) is 18.5 Å². The van der Waals surface area contributed by atoms with E-state index in [-0.39, 0.29) is 11.9 Å². The van der Waals surface area contributed by atoms with Crippen LogP contribution in [0.15, 0.2) is 36.8 Å². The molecule has 128 valence electrons. The van der Waals surface area contributed by atoms with Crippen molar-refractivity contribution in [1.82, 2.24) is 19.8 Å². The molecule has 0 N–H and O–H groups in total. The fourth-order valence-corrected chi connectivity index (χ4v) is 2.94. The average Bonchev–Trinajstić information content (AvgIpc) is 2.96. The molecule has 1 atom stereocenters. The van der Waals surface area contributed by atoms with Crippen molar-refractivity contribution in [3.63, 3.8) is 0 Å². The molecule has 0 spiro atoms. The SMILES string of the molecule is CN(C)Cc1cc(OC2CCN(Cc3ccncc3F)C2)ccn1. The fourth-order valence-electron chi connectivity index (χ4n) is 2.94. The van der Waals surface area contributed by atoms with Crippen LogP contribution < -0.4 is 4.74 Å². The number of hydrogen-bond donors (Lipinski definition) is 0. The van der Waals surface area contributed by atoms with E-state index < -0.39 is 0 Å². The van der Waals surface area contributed by atoms with Gasteiger partial charge in [-0.15, -0.1) is 0 Å². The van der Waals surface area contributed by atoms with Gasteiger partial charge in [0.2, 0.25) is 0 Å². The van der Waals surface area contributed by atoms with E-state index in [0.717, 1.165) is 37.5 Å². The summed E-state index contributed by atoms with van der Waals surface area (Å²) in [4.78, 5) is 12.4. The van der Waals surface area contributed by atoms with Crippen LogP contribution in [0.1, 0.15) is 17.7 Å². The number of hydrogen-bond acceptors (Lipinski definition) is 5. The van der Waals surface area contributed by atoms with Crippen molar-refractivity contribution in [2.24, 2.45) is 0 Å². The second-order valence-corrected chi connectivity index (χ2v) is 6.45. The van der Waals surface area contributed by atoms with Crippen molar-refractivity contribution in [1.29, 1.82) is 0 Å². The van der Waals surface area contributed by atoms with Gasteiger partial charge in [0, 0.05) is 50.2 Å². The largest absolute Gasteiger partial charge is 0.489 e. The molecule has 0 radical (unpaired) electrons. The maximum Gasteiger partial charge on any atom is 0.145 e. The molecular formula is C18H23FN4O. The number of nitrogens with zero attached hydrogens (tertiary/aromatic N) is 4. The van der Waals surface area contributed by atoms with Crippen molar-refractivity contribution in [2.75, 3.05) is 27.2 Å². The lowest BCUT2D eigenvalue weighted by Crippen LogP contribution is -2.25. The van der Waals surface area contributed by atoms with Crippen molar-refractivity contribution in [3.8, 4) is 5.75 Å². The number of aromatic nitrogens is 2. The lowest BCUT2D eigenvalue weighted by atomic mass is 10.2. The summed E-state index contributed by atoms with van der Waals surface area (Å²) in [6, 6.07) is 5.62. The molecule has 3 rings (SSSR count). The Bertz CT molecular complexity index is 680. The molecule has 0 aromatic carbocycles. The van der Waals surface area contributed by atoms with Crippen LogP contribution in [0.4, 0.5) is 4.39 Å². The highest BCUT2D eigenvalue weighted by atomic mass is 19.1. The molecule has 1 unspecified atom stereocenters. The molecule has 0 aliphatic carbocycles. The summed E-state index contributed by atoms with van der Waals surface area (Å²) in [5.74, 6) is 0.605. The van der Waals surface area contributed by atoms with Gasteiger partial charge in [0.15, 0.2) is 0 Å². The Labute approximate surface area is 142 Å². The first-order chi connectivity index (χ1) is 11.6. The van der Waals surface area contributed by atoms with Crippen molar-refractivity contribution < 1.29 is 9.13 Å². The van der Waals surface area contributed by atoms with Crippen LogP contribution in [0, 0.1) is 5.82 Å².